The third-order valence-corrected chi connectivity index (χ3v) is 3.84. The molecule has 0 saturated heterocycles. The lowest BCUT2D eigenvalue weighted by Crippen LogP contribution is -2.59. The highest BCUT2D eigenvalue weighted by molar-refractivity contribution is 5.28. The zero-order chi connectivity index (χ0) is 14.4. The molecule has 3 heteroatoms. The van der Waals surface area contributed by atoms with Crippen LogP contribution < -0.4 is 10.5 Å². The standard InChI is InChI=1S/C17H27NO2/c1-3-5-6-13-7-9-14(10-8-13)20-16-12-15(18)17(16)19-11-4-2/h7-10,15-17H,3-6,11-12,18H2,1-2H3. The van der Waals surface area contributed by atoms with E-state index < -0.39 is 0 Å². The number of benzene rings is 1. The number of ether oxygens (including phenoxy) is 2. The molecule has 1 aliphatic rings. The van der Waals surface area contributed by atoms with E-state index in [9.17, 15) is 0 Å². The summed E-state index contributed by atoms with van der Waals surface area (Å²) in [5, 5.41) is 0. The Hall–Kier alpha value is -1.06. The van der Waals surface area contributed by atoms with Crippen LogP contribution in [0.2, 0.25) is 0 Å². The van der Waals surface area contributed by atoms with Gasteiger partial charge in [-0.3, -0.25) is 0 Å². The molecule has 1 saturated carbocycles. The van der Waals surface area contributed by atoms with Gasteiger partial charge in [-0.25, -0.2) is 0 Å². The van der Waals surface area contributed by atoms with E-state index in [0.29, 0.717) is 0 Å². The summed E-state index contributed by atoms with van der Waals surface area (Å²) in [6, 6.07) is 8.56. The number of hydrogen-bond acceptors (Lipinski definition) is 3. The lowest BCUT2D eigenvalue weighted by atomic mass is 9.86. The zero-order valence-corrected chi connectivity index (χ0v) is 12.7. The summed E-state index contributed by atoms with van der Waals surface area (Å²) in [6.45, 7) is 5.08. The Balaban J connectivity index is 1.83. The quantitative estimate of drug-likeness (QED) is 0.793. The van der Waals surface area contributed by atoms with Crippen molar-refractivity contribution in [2.75, 3.05) is 6.61 Å². The number of unbranched alkanes of at least 4 members (excludes halogenated alkanes) is 1. The first-order chi connectivity index (χ1) is 9.74. The molecule has 3 unspecified atom stereocenters. The van der Waals surface area contributed by atoms with Gasteiger partial charge in [-0.1, -0.05) is 32.4 Å². The summed E-state index contributed by atoms with van der Waals surface area (Å²) >= 11 is 0. The van der Waals surface area contributed by atoms with Crippen LogP contribution in [0, 0.1) is 0 Å². The van der Waals surface area contributed by atoms with Crippen LogP contribution in [0.4, 0.5) is 0 Å². The zero-order valence-electron chi connectivity index (χ0n) is 12.7. The van der Waals surface area contributed by atoms with Crippen molar-refractivity contribution in [3.8, 4) is 5.75 Å². The number of rotatable bonds is 8. The summed E-state index contributed by atoms with van der Waals surface area (Å²) in [6.07, 6.45) is 5.67. The van der Waals surface area contributed by atoms with Gasteiger partial charge in [-0.05, 0) is 37.0 Å². The van der Waals surface area contributed by atoms with Crippen LogP contribution >= 0.6 is 0 Å². The average Bonchev–Trinajstić information content (AvgIpc) is 2.46. The summed E-state index contributed by atoms with van der Waals surface area (Å²) in [5.74, 6) is 0.923. The maximum atomic E-state index is 5.98. The summed E-state index contributed by atoms with van der Waals surface area (Å²) in [7, 11) is 0. The first-order valence-corrected chi connectivity index (χ1v) is 7.87. The number of nitrogens with two attached hydrogens (primary N) is 1. The normalized spacial score (nSPS) is 25.2. The van der Waals surface area contributed by atoms with Crippen molar-refractivity contribution in [2.45, 2.75) is 64.2 Å². The van der Waals surface area contributed by atoms with Crippen LogP contribution in [-0.2, 0) is 11.2 Å². The molecule has 1 aromatic rings. The van der Waals surface area contributed by atoms with Gasteiger partial charge in [0, 0.05) is 19.1 Å². The van der Waals surface area contributed by atoms with E-state index in [0.717, 1.165) is 31.6 Å². The van der Waals surface area contributed by atoms with E-state index in [2.05, 4.69) is 38.1 Å². The van der Waals surface area contributed by atoms with Gasteiger partial charge in [0.05, 0.1) is 0 Å². The Kier molecular flexibility index (Phi) is 5.86. The fraction of sp³-hybridized carbons (Fsp3) is 0.647. The lowest BCUT2D eigenvalue weighted by Gasteiger charge is -2.41. The van der Waals surface area contributed by atoms with Gasteiger partial charge >= 0.3 is 0 Å². The molecule has 20 heavy (non-hydrogen) atoms. The molecule has 1 fully saturated rings. The van der Waals surface area contributed by atoms with E-state index in [-0.39, 0.29) is 18.2 Å². The topological polar surface area (TPSA) is 44.5 Å². The average molecular weight is 277 g/mol. The van der Waals surface area contributed by atoms with Crippen LogP contribution in [0.15, 0.2) is 24.3 Å². The van der Waals surface area contributed by atoms with Crippen molar-refractivity contribution in [3.63, 3.8) is 0 Å². The molecule has 0 aliphatic heterocycles. The Morgan fingerprint density at radius 3 is 2.50 bits per heavy atom. The van der Waals surface area contributed by atoms with E-state index in [1.54, 1.807) is 0 Å². The van der Waals surface area contributed by atoms with Gasteiger partial charge in [0.15, 0.2) is 0 Å². The Morgan fingerprint density at radius 1 is 1.15 bits per heavy atom. The largest absolute Gasteiger partial charge is 0.488 e. The molecule has 3 nitrogen and oxygen atoms in total. The van der Waals surface area contributed by atoms with Gasteiger partial charge in [0.25, 0.3) is 0 Å². The van der Waals surface area contributed by atoms with Crippen molar-refractivity contribution in [2.24, 2.45) is 5.73 Å². The summed E-state index contributed by atoms with van der Waals surface area (Å²) in [5.41, 5.74) is 7.36. The highest BCUT2D eigenvalue weighted by Crippen LogP contribution is 2.28. The predicted molar refractivity (Wildman–Crippen MR) is 82.1 cm³/mol. The van der Waals surface area contributed by atoms with Crippen LogP contribution in [0.5, 0.6) is 5.75 Å². The molecule has 3 atom stereocenters. The fourth-order valence-electron chi connectivity index (χ4n) is 2.51. The molecule has 0 radical (unpaired) electrons. The smallest absolute Gasteiger partial charge is 0.128 e. The van der Waals surface area contributed by atoms with Crippen molar-refractivity contribution < 1.29 is 9.47 Å². The molecule has 0 bridgehead atoms. The third kappa shape index (κ3) is 3.97. The van der Waals surface area contributed by atoms with Crippen molar-refractivity contribution in [1.29, 1.82) is 0 Å². The minimum absolute atomic E-state index is 0.0507. The van der Waals surface area contributed by atoms with Crippen molar-refractivity contribution >= 4 is 0 Å². The molecule has 1 aromatic carbocycles. The van der Waals surface area contributed by atoms with Crippen molar-refractivity contribution in [3.05, 3.63) is 29.8 Å². The second kappa shape index (κ2) is 7.65. The molecule has 0 aromatic heterocycles. The highest BCUT2D eigenvalue weighted by atomic mass is 16.5. The Bertz CT molecular complexity index is 390. The van der Waals surface area contributed by atoms with Crippen LogP contribution in [0.1, 0.15) is 45.1 Å². The lowest BCUT2D eigenvalue weighted by molar-refractivity contribution is -0.0980. The molecule has 2 N–H and O–H groups in total. The molecule has 1 aliphatic carbocycles. The first kappa shape index (κ1) is 15.3. The molecular formula is C17H27NO2. The Labute approximate surface area is 122 Å². The summed E-state index contributed by atoms with van der Waals surface area (Å²) < 4.78 is 11.7. The third-order valence-electron chi connectivity index (χ3n) is 3.84. The number of hydrogen-bond donors (Lipinski definition) is 1. The van der Waals surface area contributed by atoms with Gasteiger partial charge < -0.3 is 15.2 Å². The predicted octanol–water partition coefficient (Wildman–Crippen LogP) is 3.30. The molecule has 0 amide bonds. The van der Waals surface area contributed by atoms with Crippen molar-refractivity contribution in [1.82, 2.24) is 0 Å². The molecule has 112 valence electrons. The maximum absolute atomic E-state index is 5.98. The number of aryl methyl sites for hydroxylation is 1. The van der Waals surface area contributed by atoms with Gasteiger partial charge in [-0.2, -0.15) is 0 Å². The molecular weight excluding hydrogens is 250 g/mol. The fourth-order valence-corrected chi connectivity index (χ4v) is 2.51. The van der Waals surface area contributed by atoms with Crippen LogP contribution in [-0.4, -0.2) is 24.9 Å². The molecule has 2 rings (SSSR count). The van der Waals surface area contributed by atoms with E-state index in [1.165, 1.54) is 18.4 Å². The Morgan fingerprint density at radius 2 is 1.90 bits per heavy atom. The minimum atomic E-state index is 0.0507. The maximum Gasteiger partial charge on any atom is 0.128 e. The summed E-state index contributed by atoms with van der Waals surface area (Å²) in [4.78, 5) is 0. The molecule has 0 spiro atoms. The van der Waals surface area contributed by atoms with Crippen LogP contribution in [0.3, 0.4) is 0 Å². The van der Waals surface area contributed by atoms with Gasteiger partial charge in [0.2, 0.25) is 0 Å². The van der Waals surface area contributed by atoms with Crippen LogP contribution in [0.25, 0.3) is 0 Å². The highest BCUT2D eigenvalue weighted by Gasteiger charge is 2.41. The second-order valence-corrected chi connectivity index (χ2v) is 5.64. The SMILES string of the molecule is CCCCc1ccc(OC2CC(N)C2OCCC)cc1. The molecule has 0 heterocycles. The first-order valence-electron chi connectivity index (χ1n) is 7.87. The van der Waals surface area contributed by atoms with Gasteiger partial charge in [-0.15, -0.1) is 0 Å². The van der Waals surface area contributed by atoms with Gasteiger partial charge in [0.1, 0.15) is 18.0 Å². The van der Waals surface area contributed by atoms with E-state index in [4.69, 9.17) is 15.2 Å². The second-order valence-electron chi connectivity index (χ2n) is 5.64. The van der Waals surface area contributed by atoms with E-state index in [1.807, 2.05) is 0 Å². The minimum Gasteiger partial charge on any atom is -0.488 e. The monoisotopic (exact) mass is 277 g/mol. The van der Waals surface area contributed by atoms with E-state index >= 15 is 0 Å².